The Kier molecular flexibility index (Phi) is 3.74. The molecule has 0 atom stereocenters. The Morgan fingerprint density at radius 1 is 1.27 bits per heavy atom. The van der Waals surface area contributed by atoms with E-state index >= 15 is 0 Å². The van der Waals surface area contributed by atoms with Crippen molar-refractivity contribution in [3.63, 3.8) is 0 Å². The summed E-state index contributed by atoms with van der Waals surface area (Å²) in [5, 5.41) is 9.71. The summed E-state index contributed by atoms with van der Waals surface area (Å²) < 4.78 is 5.25. The van der Waals surface area contributed by atoms with Gasteiger partial charge in [-0.05, 0) is 26.8 Å². The minimum Gasteiger partial charge on any atom is -0.459 e. The Labute approximate surface area is 131 Å². The third kappa shape index (κ3) is 3.19. The molecule has 2 aromatic heterocycles. The topological polar surface area (TPSA) is 80.8 Å². The van der Waals surface area contributed by atoms with Crippen molar-refractivity contribution in [1.29, 1.82) is 0 Å². The average Bonchev–Trinajstić information content (AvgIpc) is 2.81. The van der Waals surface area contributed by atoms with Crippen molar-refractivity contribution >= 4 is 39.8 Å². The van der Waals surface area contributed by atoms with Gasteiger partial charge in [-0.15, -0.1) is 10.2 Å². The lowest BCUT2D eigenvalue weighted by Gasteiger charge is -2.18. The molecule has 3 aromatic rings. The van der Waals surface area contributed by atoms with Gasteiger partial charge in [-0.1, -0.05) is 30.0 Å². The van der Waals surface area contributed by atoms with E-state index in [-0.39, 0.29) is 11.7 Å². The van der Waals surface area contributed by atoms with E-state index in [1.807, 2.05) is 45.0 Å². The molecule has 0 aliphatic rings. The quantitative estimate of drug-likeness (QED) is 0.591. The minimum atomic E-state index is -0.488. The SMILES string of the molecule is CC(C)(C)OC(=O)CSc1nnc2c(n1)[nH]c1ccccc12. The number of nitrogens with zero attached hydrogens (tertiary/aromatic N) is 3. The zero-order chi connectivity index (χ0) is 15.7. The molecule has 0 radical (unpaired) electrons. The number of H-pyrrole nitrogens is 1. The summed E-state index contributed by atoms with van der Waals surface area (Å²) in [5.41, 5.74) is 1.88. The summed E-state index contributed by atoms with van der Waals surface area (Å²) in [6, 6.07) is 7.83. The lowest BCUT2D eigenvalue weighted by molar-refractivity contribution is -0.151. The lowest BCUT2D eigenvalue weighted by Crippen LogP contribution is -2.25. The zero-order valence-electron chi connectivity index (χ0n) is 12.6. The maximum absolute atomic E-state index is 11.7. The first-order valence-electron chi connectivity index (χ1n) is 6.88. The molecule has 0 aliphatic carbocycles. The van der Waals surface area contributed by atoms with Crippen LogP contribution in [0.25, 0.3) is 22.1 Å². The molecular formula is C15H16N4O2S. The highest BCUT2D eigenvalue weighted by atomic mass is 32.2. The van der Waals surface area contributed by atoms with Crippen LogP contribution in [0, 0.1) is 0 Å². The number of thioether (sulfide) groups is 1. The molecule has 114 valence electrons. The number of hydrogen-bond acceptors (Lipinski definition) is 6. The van der Waals surface area contributed by atoms with E-state index in [1.165, 1.54) is 11.8 Å². The summed E-state index contributed by atoms with van der Waals surface area (Å²) in [5.74, 6) is -0.136. The molecule has 2 heterocycles. The molecule has 3 rings (SSSR count). The van der Waals surface area contributed by atoms with E-state index in [2.05, 4.69) is 20.2 Å². The predicted molar refractivity (Wildman–Crippen MR) is 85.8 cm³/mol. The van der Waals surface area contributed by atoms with Crippen LogP contribution in [0.1, 0.15) is 20.8 Å². The van der Waals surface area contributed by atoms with Gasteiger partial charge in [-0.3, -0.25) is 4.79 Å². The van der Waals surface area contributed by atoms with Crippen molar-refractivity contribution in [2.75, 3.05) is 5.75 Å². The Morgan fingerprint density at radius 3 is 2.82 bits per heavy atom. The highest BCUT2D eigenvalue weighted by Crippen LogP contribution is 2.23. The van der Waals surface area contributed by atoms with Crippen molar-refractivity contribution in [2.45, 2.75) is 31.5 Å². The number of esters is 1. The van der Waals surface area contributed by atoms with Gasteiger partial charge in [0, 0.05) is 10.9 Å². The Bertz CT molecular complexity index is 838. The van der Waals surface area contributed by atoms with Gasteiger partial charge in [0.05, 0.1) is 5.75 Å². The molecule has 0 unspecified atom stereocenters. The number of fused-ring (bicyclic) bond motifs is 3. The van der Waals surface area contributed by atoms with Gasteiger partial charge in [-0.2, -0.15) is 0 Å². The number of hydrogen-bond donors (Lipinski definition) is 1. The summed E-state index contributed by atoms with van der Waals surface area (Å²) in [7, 11) is 0. The van der Waals surface area contributed by atoms with Crippen LogP contribution < -0.4 is 0 Å². The van der Waals surface area contributed by atoms with Gasteiger partial charge in [0.2, 0.25) is 5.16 Å². The molecule has 0 amide bonds. The highest BCUT2D eigenvalue weighted by Gasteiger charge is 2.17. The fourth-order valence-electron chi connectivity index (χ4n) is 2.06. The van der Waals surface area contributed by atoms with Crippen LogP contribution in [-0.4, -0.2) is 37.5 Å². The fraction of sp³-hybridized carbons (Fsp3) is 0.333. The first-order valence-corrected chi connectivity index (χ1v) is 7.87. The molecule has 0 aliphatic heterocycles. The van der Waals surface area contributed by atoms with E-state index in [9.17, 15) is 4.79 Å². The molecule has 22 heavy (non-hydrogen) atoms. The van der Waals surface area contributed by atoms with Crippen LogP contribution in [0.3, 0.4) is 0 Å². The van der Waals surface area contributed by atoms with Crippen LogP contribution in [0.2, 0.25) is 0 Å². The predicted octanol–water partition coefficient (Wildman–Crippen LogP) is 2.94. The van der Waals surface area contributed by atoms with Crippen LogP contribution in [0.4, 0.5) is 0 Å². The third-order valence-corrected chi connectivity index (χ3v) is 3.65. The normalized spacial score (nSPS) is 12.0. The van der Waals surface area contributed by atoms with Gasteiger partial charge < -0.3 is 9.72 Å². The van der Waals surface area contributed by atoms with Crippen molar-refractivity contribution in [1.82, 2.24) is 20.2 Å². The van der Waals surface area contributed by atoms with Gasteiger partial charge in [-0.25, -0.2) is 4.98 Å². The van der Waals surface area contributed by atoms with Crippen LogP contribution in [0.15, 0.2) is 29.4 Å². The Balaban J connectivity index is 1.78. The molecule has 1 aromatic carbocycles. The van der Waals surface area contributed by atoms with Gasteiger partial charge in [0.1, 0.15) is 11.1 Å². The summed E-state index contributed by atoms with van der Waals surface area (Å²) in [6.45, 7) is 5.51. The smallest absolute Gasteiger partial charge is 0.316 e. The average molecular weight is 316 g/mol. The molecule has 0 saturated carbocycles. The molecule has 0 bridgehead atoms. The van der Waals surface area contributed by atoms with E-state index < -0.39 is 5.60 Å². The second-order valence-corrected chi connectivity index (χ2v) is 6.78. The second kappa shape index (κ2) is 5.57. The number of benzene rings is 1. The van der Waals surface area contributed by atoms with Gasteiger partial charge in [0.15, 0.2) is 5.65 Å². The summed E-state index contributed by atoms with van der Waals surface area (Å²) in [4.78, 5) is 19.3. The van der Waals surface area contributed by atoms with Crippen LogP contribution in [-0.2, 0) is 9.53 Å². The van der Waals surface area contributed by atoms with Crippen LogP contribution in [0.5, 0.6) is 0 Å². The number of ether oxygens (including phenoxy) is 1. The van der Waals surface area contributed by atoms with E-state index in [0.29, 0.717) is 10.8 Å². The first-order chi connectivity index (χ1) is 10.4. The number of aromatic amines is 1. The molecule has 0 fully saturated rings. The Morgan fingerprint density at radius 2 is 2.05 bits per heavy atom. The van der Waals surface area contributed by atoms with Crippen molar-refractivity contribution in [3.8, 4) is 0 Å². The Hall–Kier alpha value is -2.15. The maximum Gasteiger partial charge on any atom is 0.316 e. The summed E-state index contributed by atoms with van der Waals surface area (Å²) >= 11 is 1.21. The lowest BCUT2D eigenvalue weighted by atomic mass is 10.2. The number of nitrogens with one attached hydrogen (secondary N) is 1. The van der Waals surface area contributed by atoms with E-state index in [1.54, 1.807) is 0 Å². The number of para-hydroxylation sites is 1. The minimum absolute atomic E-state index is 0.157. The molecule has 0 saturated heterocycles. The van der Waals surface area contributed by atoms with Gasteiger partial charge in [0.25, 0.3) is 0 Å². The molecule has 1 N–H and O–H groups in total. The number of rotatable bonds is 3. The molecular weight excluding hydrogens is 300 g/mol. The highest BCUT2D eigenvalue weighted by molar-refractivity contribution is 7.99. The van der Waals surface area contributed by atoms with E-state index in [0.717, 1.165) is 16.4 Å². The zero-order valence-corrected chi connectivity index (χ0v) is 13.4. The number of carbonyl (C=O) groups excluding carboxylic acids is 1. The molecule has 6 nitrogen and oxygen atoms in total. The maximum atomic E-state index is 11.7. The fourth-order valence-corrected chi connectivity index (χ4v) is 2.62. The third-order valence-electron chi connectivity index (χ3n) is 2.84. The molecule has 7 heteroatoms. The van der Waals surface area contributed by atoms with Crippen LogP contribution >= 0.6 is 11.8 Å². The van der Waals surface area contributed by atoms with Gasteiger partial charge >= 0.3 is 5.97 Å². The number of aromatic nitrogens is 4. The molecule has 0 spiro atoms. The number of carbonyl (C=O) groups is 1. The van der Waals surface area contributed by atoms with E-state index in [4.69, 9.17) is 4.74 Å². The van der Waals surface area contributed by atoms with Crippen molar-refractivity contribution in [3.05, 3.63) is 24.3 Å². The van der Waals surface area contributed by atoms with Crippen molar-refractivity contribution in [2.24, 2.45) is 0 Å². The summed E-state index contributed by atoms with van der Waals surface area (Å²) in [6.07, 6.45) is 0. The van der Waals surface area contributed by atoms with Crippen molar-refractivity contribution < 1.29 is 9.53 Å². The largest absolute Gasteiger partial charge is 0.459 e. The monoisotopic (exact) mass is 316 g/mol. The second-order valence-electron chi connectivity index (χ2n) is 5.84. The standard InChI is InChI=1S/C15H16N4O2S/c1-15(2,3)21-11(20)8-22-14-17-13-12(18-19-14)9-6-4-5-7-10(9)16-13/h4-7H,8H2,1-3H3,(H,16,17,19). The first kappa shape index (κ1) is 14.8.